The van der Waals surface area contributed by atoms with E-state index in [9.17, 15) is 18.0 Å². The second-order valence-electron chi connectivity index (χ2n) is 5.59. The predicted octanol–water partition coefficient (Wildman–Crippen LogP) is 3.07. The number of esters is 1. The largest absolute Gasteiger partial charge is 0.462 e. The van der Waals surface area contributed by atoms with Crippen molar-refractivity contribution in [2.75, 3.05) is 11.9 Å². The Hall–Kier alpha value is -2.87. The minimum Gasteiger partial charge on any atom is -0.462 e. The Morgan fingerprint density at radius 2 is 1.62 bits per heavy atom. The van der Waals surface area contributed by atoms with E-state index < -0.39 is 22.0 Å². The summed E-state index contributed by atoms with van der Waals surface area (Å²) in [5, 5.41) is 2.41. The van der Waals surface area contributed by atoms with Crippen molar-refractivity contribution in [2.45, 2.75) is 25.2 Å². The summed E-state index contributed by atoms with van der Waals surface area (Å²) < 4.78 is 31.2. The van der Waals surface area contributed by atoms with Crippen LogP contribution in [0.1, 0.15) is 29.3 Å². The van der Waals surface area contributed by atoms with Crippen LogP contribution in [0.15, 0.2) is 53.4 Å². The van der Waals surface area contributed by atoms with Crippen LogP contribution in [0.2, 0.25) is 0 Å². The highest BCUT2D eigenvalue weighted by molar-refractivity contribution is 7.90. The number of carbonyl (C=O) groups is 2. The first kappa shape index (κ1) is 19.5. The molecule has 0 radical (unpaired) electrons. The lowest BCUT2D eigenvalue weighted by Crippen LogP contribution is -2.34. The van der Waals surface area contributed by atoms with Gasteiger partial charge >= 0.3 is 12.0 Å². The van der Waals surface area contributed by atoms with E-state index in [1.807, 2.05) is 18.6 Å². The fraction of sp³-hybridized carbons (Fsp3) is 0.222. The molecule has 0 saturated carbocycles. The third-order valence-electron chi connectivity index (χ3n) is 3.37. The van der Waals surface area contributed by atoms with Gasteiger partial charge in [-0.25, -0.2) is 22.7 Å². The molecule has 2 aromatic carbocycles. The summed E-state index contributed by atoms with van der Waals surface area (Å²) in [5.41, 5.74) is 1.59. The van der Waals surface area contributed by atoms with Gasteiger partial charge in [0.1, 0.15) is 0 Å². The lowest BCUT2D eigenvalue weighted by Gasteiger charge is -2.09. The van der Waals surface area contributed by atoms with Gasteiger partial charge < -0.3 is 10.1 Å². The molecule has 2 rings (SSSR count). The van der Waals surface area contributed by atoms with Gasteiger partial charge in [-0.15, -0.1) is 0 Å². The van der Waals surface area contributed by atoms with Crippen LogP contribution in [-0.4, -0.2) is 27.0 Å². The number of carbonyl (C=O) groups excluding carboxylic acids is 2. The van der Waals surface area contributed by atoms with Crippen molar-refractivity contribution in [3.63, 3.8) is 0 Å². The Bertz CT molecular complexity index is 875. The van der Waals surface area contributed by atoms with E-state index in [1.165, 1.54) is 36.4 Å². The second-order valence-corrected chi connectivity index (χ2v) is 7.27. The Morgan fingerprint density at radius 3 is 2.19 bits per heavy atom. The molecule has 0 heterocycles. The number of ether oxygens (including phenoxy) is 1. The number of rotatable bonds is 6. The summed E-state index contributed by atoms with van der Waals surface area (Å²) in [4.78, 5) is 23.6. The molecular formula is C18H20N2O5S. The molecule has 0 unspecified atom stereocenters. The monoisotopic (exact) mass is 376 g/mol. The van der Waals surface area contributed by atoms with E-state index in [0.29, 0.717) is 17.9 Å². The highest BCUT2D eigenvalue weighted by atomic mass is 32.2. The van der Waals surface area contributed by atoms with Crippen LogP contribution >= 0.6 is 0 Å². The summed E-state index contributed by atoms with van der Waals surface area (Å²) in [5.74, 6) is -0.454. The number of nitrogens with one attached hydrogen (secondary N) is 2. The molecule has 138 valence electrons. The smallest absolute Gasteiger partial charge is 0.338 e. The summed E-state index contributed by atoms with van der Waals surface area (Å²) in [6, 6.07) is 11.2. The summed E-state index contributed by atoms with van der Waals surface area (Å²) in [6.45, 7) is 4.06. The molecule has 0 atom stereocenters. The van der Waals surface area contributed by atoms with Gasteiger partial charge in [-0.05, 0) is 49.7 Å². The number of hydrogen-bond donors (Lipinski definition) is 2. The number of hydrogen-bond acceptors (Lipinski definition) is 5. The van der Waals surface area contributed by atoms with E-state index in [1.54, 1.807) is 12.1 Å². The highest BCUT2D eigenvalue weighted by Crippen LogP contribution is 2.12. The van der Waals surface area contributed by atoms with Gasteiger partial charge in [-0.1, -0.05) is 24.6 Å². The van der Waals surface area contributed by atoms with Gasteiger partial charge in [0.2, 0.25) is 0 Å². The molecule has 0 spiro atoms. The number of anilines is 1. The van der Waals surface area contributed by atoms with Crippen molar-refractivity contribution >= 4 is 27.7 Å². The second kappa shape index (κ2) is 8.48. The van der Waals surface area contributed by atoms with Crippen LogP contribution < -0.4 is 10.0 Å². The van der Waals surface area contributed by atoms with Crippen LogP contribution in [0.5, 0.6) is 0 Å². The standard InChI is InChI=1S/C18H20N2O5S/c1-3-12-25-17(21)14-6-8-15(9-7-14)19-18(22)20-26(23,24)16-10-4-13(2)5-11-16/h4-11H,3,12H2,1-2H3,(H2,19,20,22). The van der Waals surface area contributed by atoms with Gasteiger partial charge in [0.25, 0.3) is 10.0 Å². The number of urea groups is 1. The number of benzene rings is 2. The minimum atomic E-state index is -3.96. The van der Waals surface area contributed by atoms with Crippen LogP contribution in [0, 0.1) is 6.92 Å². The number of amides is 2. The zero-order valence-electron chi connectivity index (χ0n) is 14.5. The molecule has 0 aliphatic rings. The molecule has 0 aromatic heterocycles. The maximum absolute atomic E-state index is 12.2. The van der Waals surface area contributed by atoms with E-state index >= 15 is 0 Å². The van der Waals surface area contributed by atoms with Gasteiger partial charge in [0.15, 0.2) is 0 Å². The third kappa shape index (κ3) is 5.32. The molecule has 0 fully saturated rings. The topological polar surface area (TPSA) is 102 Å². The zero-order chi connectivity index (χ0) is 19.2. The molecule has 2 amide bonds. The first-order valence-corrected chi connectivity index (χ1v) is 9.48. The molecule has 0 bridgehead atoms. The van der Waals surface area contributed by atoms with E-state index in [2.05, 4.69) is 5.32 Å². The molecule has 7 nitrogen and oxygen atoms in total. The van der Waals surface area contributed by atoms with Gasteiger partial charge in [0, 0.05) is 5.69 Å². The summed E-state index contributed by atoms with van der Waals surface area (Å²) >= 11 is 0. The molecule has 2 aromatic rings. The fourth-order valence-electron chi connectivity index (χ4n) is 2.02. The zero-order valence-corrected chi connectivity index (χ0v) is 15.3. The SMILES string of the molecule is CCCOC(=O)c1ccc(NC(=O)NS(=O)(=O)c2ccc(C)cc2)cc1. The maximum atomic E-state index is 12.2. The van der Waals surface area contributed by atoms with Gasteiger partial charge in [-0.3, -0.25) is 0 Å². The number of sulfonamides is 1. The summed E-state index contributed by atoms with van der Waals surface area (Å²) in [7, 11) is -3.96. The molecule has 2 N–H and O–H groups in total. The fourth-order valence-corrected chi connectivity index (χ4v) is 2.93. The van der Waals surface area contributed by atoms with Crippen LogP contribution in [-0.2, 0) is 14.8 Å². The molecule has 0 aliphatic heterocycles. The van der Waals surface area contributed by atoms with Crippen molar-refractivity contribution in [2.24, 2.45) is 0 Å². The predicted molar refractivity (Wildman–Crippen MR) is 97.5 cm³/mol. The normalized spacial score (nSPS) is 10.8. The lowest BCUT2D eigenvalue weighted by atomic mass is 10.2. The molecular weight excluding hydrogens is 356 g/mol. The van der Waals surface area contributed by atoms with E-state index in [4.69, 9.17) is 4.74 Å². The molecule has 26 heavy (non-hydrogen) atoms. The van der Waals surface area contributed by atoms with Crippen molar-refractivity contribution in [3.05, 3.63) is 59.7 Å². The van der Waals surface area contributed by atoms with Crippen LogP contribution in [0.3, 0.4) is 0 Å². The highest BCUT2D eigenvalue weighted by Gasteiger charge is 2.17. The molecule has 8 heteroatoms. The first-order chi connectivity index (χ1) is 12.3. The van der Waals surface area contributed by atoms with Crippen molar-refractivity contribution in [3.8, 4) is 0 Å². The average molecular weight is 376 g/mol. The first-order valence-electron chi connectivity index (χ1n) is 7.99. The summed E-state index contributed by atoms with van der Waals surface area (Å²) in [6.07, 6.45) is 0.723. The average Bonchev–Trinajstić information content (AvgIpc) is 2.60. The quantitative estimate of drug-likeness (QED) is 0.755. The minimum absolute atomic E-state index is 0.00716. The van der Waals surface area contributed by atoms with Gasteiger partial charge in [-0.2, -0.15) is 0 Å². The van der Waals surface area contributed by atoms with Crippen LogP contribution in [0.25, 0.3) is 0 Å². The Morgan fingerprint density at radius 1 is 1.00 bits per heavy atom. The molecule has 0 saturated heterocycles. The Labute approximate surface area is 152 Å². The van der Waals surface area contributed by atoms with Crippen molar-refractivity contribution in [1.29, 1.82) is 0 Å². The third-order valence-corrected chi connectivity index (χ3v) is 4.72. The maximum Gasteiger partial charge on any atom is 0.338 e. The van der Waals surface area contributed by atoms with E-state index in [0.717, 1.165) is 12.0 Å². The Balaban J connectivity index is 1.99. The number of aryl methyl sites for hydroxylation is 1. The lowest BCUT2D eigenvalue weighted by molar-refractivity contribution is 0.0505. The van der Waals surface area contributed by atoms with Gasteiger partial charge in [0.05, 0.1) is 17.1 Å². The Kier molecular flexibility index (Phi) is 6.35. The van der Waals surface area contributed by atoms with Crippen LogP contribution in [0.4, 0.5) is 10.5 Å². The molecule has 0 aliphatic carbocycles. The van der Waals surface area contributed by atoms with E-state index in [-0.39, 0.29) is 4.90 Å². The van der Waals surface area contributed by atoms with Crippen molar-refractivity contribution < 1.29 is 22.7 Å². The van der Waals surface area contributed by atoms with Crippen molar-refractivity contribution in [1.82, 2.24) is 4.72 Å².